The summed E-state index contributed by atoms with van der Waals surface area (Å²) in [6.45, 7) is 10.6. The van der Waals surface area contributed by atoms with Gasteiger partial charge in [0.25, 0.3) is 0 Å². The van der Waals surface area contributed by atoms with E-state index in [1.807, 2.05) is 18.2 Å². The van der Waals surface area contributed by atoms with Gasteiger partial charge >= 0.3 is 0 Å². The molecule has 0 aromatic heterocycles. The summed E-state index contributed by atoms with van der Waals surface area (Å²) in [5.74, 6) is 0. The average molecular weight is 300 g/mol. The van der Waals surface area contributed by atoms with Gasteiger partial charge in [0.15, 0.2) is 0 Å². The zero-order valence-electron chi connectivity index (χ0n) is 14.3. The molecule has 1 rings (SSSR count). The smallest absolute Gasteiger partial charge is 0.0508 e. The van der Waals surface area contributed by atoms with Crippen molar-refractivity contribution in [2.24, 2.45) is 5.73 Å². The van der Waals surface area contributed by atoms with Gasteiger partial charge in [-0.3, -0.25) is 0 Å². The maximum Gasteiger partial charge on any atom is 0.0508 e. The molecular formula is C21H33N. The lowest BCUT2D eigenvalue weighted by atomic mass is 9.96. The predicted molar refractivity (Wildman–Crippen MR) is 98.9 cm³/mol. The molecule has 1 aromatic rings. The number of nitrogens with two attached hydrogens (primary N) is 1. The number of allylic oxidation sites excluding steroid dienone is 1. The maximum absolute atomic E-state index is 6.25. The van der Waals surface area contributed by atoms with E-state index < -0.39 is 0 Å². The highest BCUT2D eigenvalue weighted by atomic mass is 14.6. The molecule has 2 N–H and O–H groups in total. The van der Waals surface area contributed by atoms with Crippen LogP contribution >= 0.6 is 0 Å². The van der Waals surface area contributed by atoms with E-state index in [9.17, 15) is 0 Å². The molecule has 1 unspecified atom stereocenters. The van der Waals surface area contributed by atoms with Crippen molar-refractivity contribution in [3.05, 3.63) is 60.2 Å². The van der Waals surface area contributed by atoms with Crippen molar-refractivity contribution < 1.29 is 0 Å². The molecule has 122 valence electrons. The lowest BCUT2D eigenvalue weighted by molar-refractivity contribution is 0.614. The second-order valence-corrected chi connectivity index (χ2v) is 6.31. The summed E-state index contributed by atoms with van der Waals surface area (Å²) in [5, 5.41) is 0. The van der Waals surface area contributed by atoms with E-state index in [0.717, 1.165) is 12.0 Å². The van der Waals surface area contributed by atoms with E-state index in [2.05, 4.69) is 32.2 Å². The molecule has 0 bridgehead atoms. The Labute approximate surface area is 137 Å². The number of hydrogen-bond donors (Lipinski definition) is 1. The van der Waals surface area contributed by atoms with Crippen LogP contribution in [0.1, 0.15) is 76.3 Å². The van der Waals surface area contributed by atoms with Crippen LogP contribution in [0.4, 0.5) is 0 Å². The van der Waals surface area contributed by atoms with Gasteiger partial charge in [-0.05, 0) is 44.1 Å². The summed E-state index contributed by atoms with van der Waals surface area (Å²) >= 11 is 0. The van der Waals surface area contributed by atoms with Crippen LogP contribution in [-0.4, -0.2) is 0 Å². The minimum absolute atomic E-state index is 0.0185. The van der Waals surface area contributed by atoms with Crippen LogP contribution < -0.4 is 5.73 Å². The van der Waals surface area contributed by atoms with Gasteiger partial charge in [0, 0.05) is 0 Å². The average Bonchev–Trinajstić information content (AvgIpc) is 2.55. The predicted octanol–water partition coefficient (Wildman–Crippen LogP) is 6.33. The van der Waals surface area contributed by atoms with Crippen LogP contribution in [0, 0.1) is 0 Å². The van der Waals surface area contributed by atoms with Gasteiger partial charge in [0.05, 0.1) is 6.04 Å². The summed E-state index contributed by atoms with van der Waals surface area (Å²) < 4.78 is 0. The van der Waals surface area contributed by atoms with Crippen molar-refractivity contribution in [2.75, 3.05) is 0 Å². The highest BCUT2D eigenvalue weighted by molar-refractivity contribution is 5.25. The molecule has 0 heterocycles. The molecule has 0 aliphatic heterocycles. The maximum atomic E-state index is 6.25. The molecule has 0 amide bonds. The first kappa shape index (κ1) is 18.7. The van der Waals surface area contributed by atoms with E-state index in [4.69, 9.17) is 5.73 Å². The molecular weight excluding hydrogens is 266 g/mol. The van der Waals surface area contributed by atoms with Crippen molar-refractivity contribution >= 4 is 0 Å². The van der Waals surface area contributed by atoms with E-state index in [0.29, 0.717) is 0 Å². The largest absolute Gasteiger partial charge is 0.321 e. The third-order valence-electron chi connectivity index (χ3n) is 4.26. The molecule has 0 spiro atoms. The van der Waals surface area contributed by atoms with Crippen LogP contribution in [0.3, 0.4) is 0 Å². The molecule has 0 saturated carbocycles. The minimum Gasteiger partial charge on any atom is -0.321 e. The van der Waals surface area contributed by atoms with Gasteiger partial charge in [-0.15, -0.1) is 0 Å². The Morgan fingerprint density at radius 2 is 1.50 bits per heavy atom. The van der Waals surface area contributed by atoms with Crippen LogP contribution in [0.15, 0.2) is 54.6 Å². The van der Waals surface area contributed by atoms with Gasteiger partial charge in [-0.1, -0.05) is 80.8 Å². The molecule has 0 radical (unpaired) electrons. The number of unbranched alkanes of at least 4 members (excludes halogenated alkanes) is 4. The first-order valence-electron chi connectivity index (χ1n) is 8.80. The molecule has 0 aliphatic rings. The third-order valence-corrected chi connectivity index (χ3v) is 4.26. The molecule has 0 fully saturated rings. The van der Waals surface area contributed by atoms with Crippen molar-refractivity contribution in [3.8, 4) is 0 Å². The van der Waals surface area contributed by atoms with Gasteiger partial charge in [0.1, 0.15) is 0 Å². The highest BCUT2D eigenvalue weighted by Gasteiger charge is 2.08. The first-order chi connectivity index (χ1) is 10.6. The Balaban J connectivity index is 2.09. The second-order valence-electron chi connectivity index (χ2n) is 6.31. The molecule has 1 aromatic carbocycles. The quantitative estimate of drug-likeness (QED) is 0.354. The zero-order valence-corrected chi connectivity index (χ0v) is 14.3. The zero-order chi connectivity index (χ0) is 16.2. The van der Waals surface area contributed by atoms with Gasteiger partial charge < -0.3 is 5.73 Å². The van der Waals surface area contributed by atoms with Crippen molar-refractivity contribution in [1.82, 2.24) is 0 Å². The standard InChI is InChI=1S/C21H33N/c1-4-5-13-18(2)14-9-6-7-10-15-19(3)21(22)20-16-11-8-12-17-20/h8,11-12,16-17,21H,2-7,9-10,13-15,22H2,1H3. The lowest BCUT2D eigenvalue weighted by Crippen LogP contribution is -2.12. The Bertz CT molecular complexity index is 432. The lowest BCUT2D eigenvalue weighted by Gasteiger charge is -2.15. The fourth-order valence-electron chi connectivity index (χ4n) is 2.68. The first-order valence-corrected chi connectivity index (χ1v) is 8.80. The van der Waals surface area contributed by atoms with Crippen molar-refractivity contribution in [1.29, 1.82) is 0 Å². The minimum atomic E-state index is -0.0185. The summed E-state index contributed by atoms with van der Waals surface area (Å²) in [5.41, 5.74) is 10.0. The normalized spacial score (nSPS) is 12.1. The van der Waals surface area contributed by atoms with Crippen molar-refractivity contribution in [3.63, 3.8) is 0 Å². The Kier molecular flexibility index (Phi) is 9.57. The summed E-state index contributed by atoms with van der Waals surface area (Å²) in [6.07, 6.45) is 11.0. The topological polar surface area (TPSA) is 26.0 Å². The van der Waals surface area contributed by atoms with E-state index >= 15 is 0 Å². The molecule has 0 saturated heterocycles. The fraction of sp³-hybridized carbons (Fsp3) is 0.524. The SMILES string of the molecule is C=C(CCCC)CCCCCCC(=C)C(N)c1ccccc1. The third kappa shape index (κ3) is 7.61. The molecule has 1 atom stereocenters. The number of rotatable bonds is 12. The van der Waals surface area contributed by atoms with Gasteiger partial charge in [-0.2, -0.15) is 0 Å². The van der Waals surface area contributed by atoms with E-state index in [1.165, 1.54) is 62.5 Å². The molecule has 1 nitrogen and oxygen atoms in total. The van der Waals surface area contributed by atoms with Crippen molar-refractivity contribution in [2.45, 2.75) is 70.8 Å². The fourth-order valence-corrected chi connectivity index (χ4v) is 2.68. The monoisotopic (exact) mass is 299 g/mol. The van der Waals surface area contributed by atoms with Crippen LogP contribution in [-0.2, 0) is 0 Å². The van der Waals surface area contributed by atoms with Crippen LogP contribution in [0.2, 0.25) is 0 Å². The number of hydrogen-bond acceptors (Lipinski definition) is 1. The van der Waals surface area contributed by atoms with E-state index in [-0.39, 0.29) is 6.04 Å². The van der Waals surface area contributed by atoms with Crippen LogP contribution in [0.5, 0.6) is 0 Å². The molecule has 0 aliphatic carbocycles. The Hall–Kier alpha value is -1.34. The Morgan fingerprint density at radius 3 is 2.14 bits per heavy atom. The van der Waals surface area contributed by atoms with Crippen LogP contribution in [0.25, 0.3) is 0 Å². The molecule has 22 heavy (non-hydrogen) atoms. The summed E-state index contributed by atoms with van der Waals surface area (Å²) in [6, 6.07) is 10.2. The summed E-state index contributed by atoms with van der Waals surface area (Å²) in [7, 11) is 0. The molecule has 1 heteroatoms. The van der Waals surface area contributed by atoms with Gasteiger partial charge in [-0.25, -0.2) is 0 Å². The second kappa shape index (κ2) is 11.3. The van der Waals surface area contributed by atoms with Gasteiger partial charge in [0.2, 0.25) is 0 Å². The number of benzene rings is 1. The summed E-state index contributed by atoms with van der Waals surface area (Å²) in [4.78, 5) is 0. The highest BCUT2D eigenvalue weighted by Crippen LogP contribution is 2.22. The van der Waals surface area contributed by atoms with E-state index in [1.54, 1.807) is 0 Å². The Morgan fingerprint density at radius 1 is 0.909 bits per heavy atom.